The molecule has 3 rings (SSSR count). The van der Waals surface area contributed by atoms with E-state index in [1.807, 2.05) is 37.3 Å². The second-order valence-corrected chi connectivity index (χ2v) is 7.19. The van der Waals surface area contributed by atoms with Crippen molar-refractivity contribution >= 4 is 35.0 Å². The number of carbonyl (C=O) groups is 2. The Morgan fingerprint density at radius 3 is 2.14 bits per heavy atom. The van der Waals surface area contributed by atoms with E-state index in [4.69, 9.17) is 0 Å². The summed E-state index contributed by atoms with van der Waals surface area (Å²) >= 11 is 1.38. The quantitative estimate of drug-likeness (QED) is 0.571. The van der Waals surface area contributed by atoms with E-state index in [2.05, 4.69) is 10.6 Å². The summed E-state index contributed by atoms with van der Waals surface area (Å²) in [5.41, 5.74) is 2.80. The normalized spacial score (nSPS) is 10.4. The molecule has 0 fully saturated rings. The van der Waals surface area contributed by atoms with Crippen LogP contribution in [0.5, 0.6) is 0 Å². The highest BCUT2D eigenvalue weighted by Crippen LogP contribution is 2.21. The molecule has 0 bridgehead atoms. The van der Waals surface area contributed by atoms with E-state index in [1.165, 1.54) is 36.0 Å². The van der Waals surface area contributed by atoms with Crippen LogP contribution in [0.1, 0.15) is 15.9 Å². The highest BCUT2D eigenvalue weighted by Gasteiger charge is 2.09. The number of aryl methyl sites for hydroxylation is 1. The van der Waals surface area contributed by atoms with Crippen LogP contribution >= 0.6 is 11.8 Å². The van der Waals surface area contributed by atoms with Crippen LogP contribution in [-0.2, 0) is 4.79 Å². The second kappa shape index (κ2) is 9.19. The zero-order valence-corrected chi connectivity index (χ0v) is 16.1. The van der Waals surface area contributed by atoms with Crippen LogP contribution in [-0.4, -0.2) is 17.6 Å². The predicted molar refractivity (Wildman–Crippen MR) is 111 cm³/mol. The molecule has 0 saturated carbocycles. The van der Waals surface area contributed by atoms with Crippen molar-refractivity contribution in [2.45, 2.75) is 11.8 Å². The van der Waals surface area contributed by atoms with Gasteiger partial charge in [-0.05, 0) is 67.1 Å². The van der Waals surface area contributed by atoms with Gasteiger partial charge in [0.1, 0.15) is 5.82 Å². The lowest BCUT2D eigenvalue weighted by molar-refractivity contribution is -0.113. The highest BCUT2D eigenvalue weighted by molar-refractivity contribution is 8.00. The first-order valence-corrected chi connectivity index (χ1v) is 9.65. The molecule has 6 heteroatoms. The number of hydrogen-bond acceptors (Lipinski definition) is 3. The molecule has 0 aliphatic rings. The summed E-state index contributed by atoms with van der Waals surface area (Å²) < 4.78 is 12.9. The van der Waals surface area contributed by atoms with E-state index in [0.29, 0.717) is 16.9 Å². The van der Waals surface area contributed by atoms with Gasteiger partial charge in [-0.25, -0.2) is 4.39 Å². The molecule has 3 aromatic rings. The van der Waals surface area contributed by atoms with E-state index in [1.54, 1.807) is 18.2 Å². The van der Waals surface area contributed by atoms with Gasteiger partial charge in [0.25, 0.3) is 5.91 Å². The largest absolute Gasteiger partial charge is 0.325 e. The lowest BCUT2D eigenvalue weighted by atomic mass is 10.1. The molecule has 2 amide bonds. The number of hydrogen-bond donors (Lipinski definition) is 2. The van der Waals surface area contributed by atoms with Crippen molar-refractivity contribution in [3.8, 4) is 0 Å². The number of anilines is 2. The topological polar surface area (TPSA) is 58.2 Å². The van der Waals surface area contributed by atoms with Gasteiger partial charge >= 0.3 is 0 Å². The van der Waals surface area contributed by atoms with E-state index >= 15 is 0 Å². The lowest BCUT2D eigenvalue weighted by Gasteiger charge is -2.09. The number of nitrogens with one attached hydrogen (secondary N) is 2. The molecule has 0 unspecified atom stereocenters. The third-order valence-corrected chi connectivity index (χ3v) is 5.01. The molecule has 0 atom stereocenters. The summed E-state index contributed by atoms with van der Waals surface area (Å²) in [6.45, 7) is 1.89. The number of rotatable bonds is 6. The Morgan fingerprint density at radius 1 is 0.857 bits per heavy atom. The molecular formula is C22H19FN2O2S. The number of benzene rings is 3. The Kier molecular flexibility index (Phi) is 6.45. The third kappa shape index (κ3) is 5.44. The molecule has 0 aliphatic carbocycles. The number of carbonyl (C=O) groups excluding carboxylic acids is 2. The molecular weight excluding hydrogens is 375 g/mol. The third-order valence-electron chi connectivity index (χ3n) is 4.00. The van der Waals surface area contributed by atoms with Crippen molar-refractivity contribution in [3.63, 3.8) is 0 Å². The SMILES string of the molecule is Cc1ccccc1C(=O)Nc1ccc(SCC(=O)Nc2ccc(F)cc2)cc1. The molecule has 0 saturated heterocycles. The van der Waals surface area contributed by atoms with Crippen LogP contribution in [0.2, 0.25) is 0 Å². The Morgan fingerprint density at radius 2 is 1.46 bits per heavy atom. The first-order chi connectivity index (χ1) is 13.5. The maximum atomic E-state index is 12.9. The van der Waals surface area contributed by atoms with Crippen molar-refractivity contribution in [1.29, 1.82) is 0 Å². The van der Waals surface area contributed by atoms with Crippen molar-refractivity contribution in [3.05, 3.63) is 89.7 Å². The van der Waals surface area contributed by atoms with E-state index in [9.17, 15) is 14.0 Å². The zero-order valence-electron chi connectivity index (χ0n) is 15.2. The summed E-state index contributed by atoms with van der Waals surface area (Å²) in [7, 11) is 0. The van der Waals surface area contributed by atoms with Crippen molar-refractivity contribution < 1.29 is 14.0 Å². The molecule has 0 spiro atoms. The van der Waals surface area contributed by atoms with E-state index < -0.39 is 0 Å². The van der Waals surface area contributed by atoms with Gasteiger partial charge in [-0.1, -0.05) is 18.2 Å². The van der Waals surface area contributed by atoms with E-state index in [0.717, 1.165) is 10.5 Å². The Balaban J connectivity index is 1.51. The molecule has 0 heterocycles. The highest BCUT2D eigenvalue weighted by atomic mass is 32.2. The molecule has 4 nitrogen and oxygen atoms in total. The summed E-state index contributed by atoms with van der Waals surface area (Å²) in [6, 6.07) is 20.3. The second-order valence-electron chi connectivity index (χ2n) is 6.14. The van der Waals surface area contributed by atoms with Gasteiger partial charge in [0.2, 0.25) is 5.91 Å². The molecule has 28 heavy (non-hydrogen) atoms. The minimum Gasteiger partial charge on any atom is -0.325 e. The monoisotopic (exact) mass is 394 g/mol. The van der Waals surface area contributed by atoms with Gasteiger partial charge in [0, 0.05) is 21.8 Å². The average Bonchev–Trinajstić information content (AvgIpc) is 2.69. The van der Waals surface area contributed by atoms with E-state index in [-0.39, 0.29) is 23.4 Å². The Labute approximate surface area is 167 Å². The average molecular weight is 394 g/mol. The van der Waals surface area contributed by atoms with Crippen LogP contribution < -0.4 is 10.6 Å². The van der Waals surface area contributed by atoms with Crippen LogP contribution in [0.15, 0.2) is 77.7 Å². The Bertz CT molecular complexity index is 973. The molecule has 2 N–H and O–H groups in total. The fourth-order valence-corrected chi connectivity index (χ4v) is 3.24. The number of amides is 2. The summed E-state index contributed by atoms with van der Waals surface area (Å²) in [5, 5.41) is 5.59. The molecule has 0 radical (unpaired) electrons. The fraction of sp³-hybridized carbons (Fsp3) is 0.0909. The van der Waals surface area contributed by atoms with Crippen molar-refractivity contribution in [2.75, 3.05) is 16.4 Å². The van der Waals surface area contributed by atoms with Gasteiger partial charge < -0.3 is 10.6 Å². The van der Waals surface area contributed by atoms with Crippen molar-refractivity contribution in [2.24, 2.45) is 0 Å². The number of halogens is 1. The minimum atomic E-state index is -0.345. The first-order valence-electron chi connectivity index (χ1n) is 8.66. The maximum absolute atomic E-state index is 12.9. The van der Waals surface area contributed by atoms with Gasteiger partial charge in [-0.2, -0.15) is 0 Å². The molecule has 142 valence electrons. The molecule has 0 aliphatic heterocycles. The zero-order chi connectivity index (χ0) is 19.9. The van der Waals surface area contributed by atoms with Crippen LogP contribution in [0, 0.1) is 12.7 Å². The molecule has 3 aromatic carbocycles. The van der Waals surface area contributed by atoms with Crippen LogP contribution in [0.4, 0.5) is 15.8 Å². The predicted octanol–water partition coefficient (Wildman–Crippen LogP) is 5.12. The van der Waals surface area contributed by atoms with Gasteiger partial charge in [0.05, 0.1) is 5.75 Å². The first kappa shape index (κ1) is 19.6. The molecule has 0 aromatic heterocycles. The van der Waals surface area contributed by atoms with Gasteiger partial charge in [-0.3, -0.25) is 9.59 Å². The standard InChI is InChI=1S/C22H19FN2O2S/c1-15-4-2-3-5-20(15)22(27)25-18-10-12-19(13-11-18)28-14-21(26)24-17-8-6-16(23)7-9-17/h2-13H,14H2,1H3,(H,24,26)(H,25,27). The van der Waals surface area contributed by atoms with Crippen LogP contribution in [0.3, 0.4) is 0 Å². The maximum Gasteiger partial charge on any atom is 0.255 e. The number of thioether (sulfide) groups is 1. The summed E-state index contributed by atoms with van der Waals surface area (Å²) in [5.74, 6) is -0.445. The fourth-order valence-electron chi connectivity index (χ4n) is 2.54. The van der Waals surface area contributed by atoms with Crippen molar-refractivity contribution in [1.82, 2.24) is 0 Å². The lowest BCUT2D eigenvalue weighted by Crippen LogP contribution is -2.14. The van der Waals surface area contributed by atoms with Gasteiger partial charge in [-0.15, -0.1) is 11.8 Å². The minimum absolute atomic E-state index is 0.155. The van der Waals surface area contributed by atoms with Gasteiger partial charge in [0.15, 0.2) is 0 Å². The Hall–Kier alpha value is -3.12. The summed E-state index contributed by atoms with van der Waals surface area (Å²) in [6.07, 6.45) is 0. The summed E-state index contributed by atoms with van der Waals surface area (Å²) in [4.78, 5) is 25.2. The van der Waals surface area contributed by atoms with Crippen LogP contribution in [0.25, 0.3) is 0 Å². The smallest absolute Gasteiger partial charge is 0.255 e.